The summed E-state index contributed by atoms with van der Waals surface area (Å²) in [6.45, 7) is 0. The van der Waals surface area contributed by atoms with E-state index in [1.165, 1.54) is 0 Å². The van der Waals surface area contributed by atoms with Crippen molar-refractivity contribution in [2.75, 3.05) is 5.73 Å². The molecule has 2 aromatic carbocycles. The summed E-state index contributed by atoms with van der Waals surface area (Å²) in [5, 5.41) is 0. The predicted molar refractivity (Wildman–Crippen MR) is 79.5 cm³/mol. The highest BCUT2D eigenvalue weighted by Gasteiger charge is 2.04. The third kappa shape index (κ3) is 2.33. The second-order valence-electron chi connectivity index (χ2n) is 4.38. The van der Waals surface area contributed by atoms with Gasteiger partial charge in [-0.25, -0.2) is 0 Å². The molecule has 92 valence electrons. The van der Waals surface area contributed by atoms with E-state index in [1.807, 2.05) is 48.5 Å². The Morgan fingerprint density at radius 2 is 1.53 bits per heavy atom. The van der Waals surface area contributed by atoms with Crippen LogP contribution in [0.1, 0.15) is 0 Å². The quantitative estimate of drug-likeness (QED) is 0.694. The van der Waals surface area contributed by atoms with Crippen molar-refractivity contribution in [2.24, 2.45) is 0 Å². The molecule has 0 saturated carbocycles. The molecule has 0 radical (unpaired) electrons. The lowest BCUT2D eigenvalue weighted by atomic mass is 10.0. The van der Waals surface area contributed by atoms with Crippen molar-refractivity contribution in [3.63, 3.8) is 0 Å². The van der Waals surface area contributed by atoms with E-state index < -0.39 is 0 Å². The summed E-state index contributed by atoms with van der Waals surface area (Å²) in [6.07, 6.45) is 1.80. The molecule has 0 saturated heterocycles. The van der Waals surface area contributed by atoms with Crippen molar-refractivity contribution in [3.8, 4) is 22.4 Å². The van der Waals surface area contributed by atoms with Crippen molar-refractivity contribution < 1.29 is 0 Å². The molecule has 3 aromatic rings. The van der Waals surface area contributed by atoms with E-state index >= 15 is 0 Å². The first-order valence-electron chi connectivity index (χ1n) is 6.21. The number of aromatic nitrogens is 1. The second kappa shape index (κ2) is 4.94. The van der Waals surface area contributed by atoms with Crippen LogP contribution in [0.4, 0.5) is 5.69 Å². The zero-order chi connectivity index (χ0) is 13.1. The first-order valence-corrected chi connectivity index (χ1v) is 6.21. The van der Waals surface area contributed by atoms with E-state index in [2.05, 4.69) is 23.2 Å². The Labute approximate surface area is 112 Å². The van der Waals surface area contributed by atoms with E-state index in [0.717, 1.165) is 28.1 Å². The molecule has 0 spiro atoms. The molecule has 0 bridgehead atoms. The second-order valence-corrected chi connectivity index (χ2v) is 4.38. The topological polar surface area (TPSA) is 38.9 Å². The zero-order valence-electron chi connectivity index (χ0n) is 10.5. The van der Waals surface area contributed by atoms with Crippen LogP contribution in [-0.4, -0.2) is 4.98 Å². The van der Waals surface area contributed by atoms with Gasteiger partial charge in [-0.15, -0.1) is 0 Å². The van der Waals surface area contributed by atoms with Gasteiger partial charge in [0.05, 0.1) is 5.69 Å². The summed E-state index contributed by atoms with van der Waals surface area (Å²) < 4.78 is 0. The van der Waals surface area contributed by atoms with Crippen molar-refractivity contribution >= 4 is 5.69 Å². The first-order chi connectivity index (χ1) is 9.34. The summed E-state index contributed by atoms with van der Waals surface area (Å²) in [7, 11) is 0. The van der Waals surface area contributed by atoms with Crippen LogP contribution in [0.3, 0.4) is 0 Å². The lowest BCUT2D eigenvalue weighted by Gasteiger charge is -2.07. The zero-order valence-corrected chi connectivity index (χ0v) is 10.5. The molecule has 0 fully saturated rings. The maximum atomic E-state index is 6.03. The molecule has 3 rings (SSSR count). The van der Waals surface area contributed by atoms with Crippen LogP contribution in [0.25, 0.3) is 22.4 Å². The van der Waals surface area contributed by atoms with E-state index in [-0.39, 0.29) is 0 Å². The van der Waals surface area contributed by atoms with Gasteiger partial charge >= 0.3 is 0 Å². The number of para-hydroxylation sites is 1. The summed E-state index contributed by atoms with van der Waals surface area (Å²) in [6, 6.07) is 22.1. The Morgan fingerprint density at radius 1 is 0.737 bits per heavy atom. The fourth-order valence-electron chi connectivity index (χ4n) is 2.14. The SMILES string of the molecule is Nc1ccccc1-c1cccc(-c2ccccn2)c1. The molecule has 0 amide bonds. The molecule has 19 heavy (non-hydrogen) atoms. The van der Waals surface area contributed by atoms with Gasteiger partial charge in [-0.3, -0.25) is 4.98 Å². The third-order valence-electron chi connectivity index (χ3n) is 3.10. The monoisotopic (exact) mass is 246 g/mol. The van der Waals surface area contributed by atoms with Crippen LogP contribution in [0.15, 0.2) is 72.9 Å². The van der Waals surface area contributed by atoms with Crippen LogP contribution in [-0.2, 0) is 0 Å². The lowest BCUT2D eigenvalue weighted by Crippen LogP contribution is -1.90. The lowest BCUT2D eigenvalue weighted by molar-refractivity contribution is 1.33. The number of hydrogen-bond acceptors (Lipinski definition) is 2. The molecular formula is C17H14N2. The van der Waals surface area contributed by atoms with E-state index in [4.69, 9.17) is 5.73 Å². The number of anilines is 1. The highest BCUT2D eigenvalue weighted by Crippen LogP contribution is 2.28. The number of rotatable bonds is 2. The van der Waals surface area contributed by atoms with Crippen LogP contribution >= 0.6 is 0 Å². The number of nitrogens with zero attached hydrogens (tertiary/aromatic N) is 1. The average molecular weight is 246 g/mol. The summed E-state index contributed by atoms with van der Waals surface area (Å²) in [5.74, 6) is 0. The van der Waals surface area contributed by atoms with E-state index in [0.29, 0.717) is 0 Å². The molecule has 2 heteroatoms. The van der Waals surface area contributed by atoms with Crippen molar-refractivity contribution in [3.05, 3.63) is 72.9 Å². The van der Waals surface area contributed by atoms with Gasteiger partial charge in [-0.2, -0.15) is 0 Å². The van der Waals surface area contributed by atoms with Gasteiger partial charge < -0.3 is 5.73 Å². The number of pyridine rings is 1. The van der Waals surface area contributed by atoms with Crippen LogP contribution in [0.2, 0.25) is 0 Å². The van der Waals surface area contributed by atoms with Gasteiger partial charge in [0.25, 0.3) is 0 Å². The fourth-order valence-corrected chi connectivity index (χ4v) is 2.14. The molecule has 2 nitrogen and oxygen atoms in total. The molecule has 0 unspecified atom stereocenters. The first kappa shape index (κ1) is 11.5. The number of nitrogen functional groups attached to an aromatic ring is 1. The minimum atomic E-state index is 0.792. The highest BCUT2D eigenvalue weighted by atomic mass is 14.7. The molecule has 0 atom stereocenters. The van der Waals surface area contributed by atoms with Gasteiger partial charge in [-0.05, 0) is 29.8 Å². The largest absolute Gasteiger partial charge is 0.398 e. The van der Waals surface area contributed by atoms with Crippen molar-refractivity contribution in [1.29, 1.82) is 0 Å². The molecule has 0 aliphatic rings. The molecule has 1 aromatic heterocycles. The van der Waals surface area contributed by atoms with Crippen molar-refractivity contribution in [2.45, 2.75) is 0 Å². The van der Waals surface area contributed by atoms with Crippen LogP contribution in [0.5, 0.6) is 0 Å². The Balaban J connectivity index is 2.09. The number of hydrogen-bond donors (Lipinski definition) is 1. The molecule has 1 heterocycles. The Morgan fingerprint density at radius 3 is 2.32 bits per heavy atom. The smallest absolute Gasteiger partial charge is 0.0702 e. The summed E-state index contributed by atoms with van der Waals surface area (Å²) in [5.41, 5.74) is 11.1. The maximum Gasteiger partial charge on any atom is 0.0702 e. The minimum Gasteiger partial charge on any atom is -0.398 e. The van der Waals surface area contributed by atoms with Gasteiger partial charge in [0.15, 0.2) is 0 Å². The molecule has 0 aliphatic carbocycles. The van der Waals surface area contributed by atoms with Crippen molar-refractivity contribution in [1.82, 2.24) is 4.98 Å². The average Bonchev–Trinajstić information content (AvgIpc) is 2.49. The number of benzene rings is 2. The standard InChI is InChI=1S/C17H14N2/c18-16-9-2-1-8-15(16)13-6-5-7-14(12-13)17-10-3-4-11-19-17/h1-12H,18H2. The summed E-state index contributed by atoms with van der Waals surface area (Å²) in [4.78, 5) is 4.37. The van der Waals surface area contributed by atoms with E-state index in [1.54, 1.807) is 6.20 Å². The van der Waals surface area contributed by atoms with E-state index in [9.17, 15) is 0 Å². The number of nitrogens with two attached hydrogens (primary N) is 1. The van der Waals surface area contributed by atoms with Crippen LogP contribution in [0, 0.1) is 0 Å². The van der Waals surface area contributed by atoms with Gasteiger partial charge in [0.1, 0.15) is 0 Å². The third-order valence-corrected chi connectivity index (χ3v) is 3.10. The maximum absolute atomic E-state index is 6.03. The van der Waals surface area contributed by atoms with Crippen LogP contribution < -0.4 is 5.73 Å². The van der Waals surface area contributed by atoms with Gasteiger partial charge in [0.2, 0.25) is 0 Å². The fraction of sp³-hybridized carbons (Fsp3) is 0. The predicted octanol–water partition coefficient (Wildman–Crippen LogP) is 4.00. The minimum absolute atomic E-state index is 0.792. The molecule has 2 N–H and O–H groups in total. The normalized spacial score (nSPS) is 10.3. The highest BCUT2D eigenvalue weighted by molar-refractivity contribution is 5.79. The summed E-state index contributed by atoms with van der Waals surface area (Å²) >= 11 is 0. The Bertz CT molecular complexity index is 690. The molecule has 0 aliphatic heterocycles. The Hall–Kier alpha value is -2.61. The van der Waals surface area contributed by atoms with Gasteiger partial charge in [-0.1, -0.05) is 42.5 Å². The Kier molecular flexibility index (Phi) is 2.99. The van der Waals surface area contributed by atoms with Gasteiger partial charge in [0, 0.05) is 23.0 Å². The molecular weight excluding hydrogens is 232 g/mol.